The zero-order valence-electron chi connectivity index (χ0n) is 16.8. The molecule has 0 saturated carbocycles. The van der Waals surface area contributed by atoms with Crippen molar-refractivity contribution in [1.29, 1.82) is 0 Å². The number of nitrogens with two attached hydrogens (primary N) is 1. The van der Waals surface area contributed by atoms with Crippen LogP contribution in [0.5, 0.6) is 0 Å². The first-order chi connectivity index (χ1) is 11.4. The quantitative estimate of drug-likeness (QED) is 0.360. The normalized spacial score (nSPS) is 19.0. The average molecular weight is 352 g/mol. The third kappa shape index (κ3) is 7.70. The SMILES string of the molecule is C=C(CC1CC(=O)N(CCNCCN)C1=O)CC(C)(C)CC(C)(C)C. The third-order valence-corrected chi connectivity index (χ3v) is 4.44. The fourth-order valence-electron chi connectivity index (χ4n) is 4.16. The Hall–Kier alpha value is -1.20. The standard InChI is InChI=1S/C20H37N3O2/c1-15(13-20(5,6)14-19(2,3)4)11-16-12-17(24)23(18(16)25)10-9-22-8-7-21/h16,22H,1,7-14,21H2,2-6H3. The number of nitrogens with one attached hydrogen (secondary N) is 1. The number of imide groups is 1. The molecule has 5 heteroatoms. The first-order valence-corrected chi connectivity index (χ1v) is 9.37. The van der Waals surface area contributed by atoms with Crippen LogP contribution in [-0.4, -0.2) is 42.9 Å². The topological polar surface area (TPSA) is 75.4 Å². The summed E-state index contributed by atoms with van der Waals surface area (Å²) in [4.78, 5) is 26.0. The predicted octanol–water partition coefficient (Wildman–Crippen LogP) is 2.71. The maximum atomic E-state index is 12.5. The van der Waals surface area contributed by atoms with Gasteiger partial charge in [0.15, 0.2) is 0 Å². The van der Waals surface area contributed by atoms with Gasteiger partial charge in [-0.25, -0.2) is 0 Å². The van der Waals surface area contributed by atoms with Crippen molar-refractivity contribution in [2.24, 2.45) is 22.5 Å². The molecule has 2 amide bonds. The van der Waals surface area contributed by atoms with E-state index in [-0.39, 0.29) is 28.6 Å². The summed E-state index contributed by atoms with van der Waals surface area (Å²) in [5.74, 6) is -0.347. The van der Waals surface area contributed by atoms with E-state index in [4.69, 9.17) is 5.73 Å². The first-order valence-electron chi connectivity index (χ1n) is 9.37. The fraction of sp³-hybridized carbons (Fsp3) is 0.800. The van der Waals surface area contributed by atoms with Crippen LogP contribution in [0.3, 0.4) is 0 Å². The van der Waals surface area contributed by atoms with Gasteiger partial charge in [0, 0.05) is 32.6 Å². The summed E-state index contributed by atoms with van der Waals surface area (Å²) in [6, 6.07) is 0. The molecule has 1 aliphatic rings. The molecule has 144 valence electrons. The largest absolute Gasteiger partial charge is 0.329 e. The average Bonchev–Trinajstić information content (AvgIpc) is 2.66. The molecule has 1 rings (SSSR count). The number of carbonyl (C=O) groups excluding carboxylic acids is 2. The minimum absolute atomic E-state index is 0.0469. The van der Waals surface area contributed by atoms with E-state index in [0.717, 1.165) is 18.4 Å². The highest BCUT2D eigenvalue weighted by Crippen LogP contribution is 2.39. The highest BCUT2D eigenvalue weighted by atomic mass is 16.2. The molecule has 0 aromatic carbocycles. The number of hydrogen-bond acceptors (Lipinski definition) is 4. The molecule has 3 N–H and O–H groups in total. The van der Waals surface area contributed by atoms with Crippen molar-refractivity contribution in [2.45, 2.75) is 60.3 Å². The van der Waals surface area contributed by atoms with Crippen LogP contribution in [0, 0.1) is 16.7 Å². The van der Waals surface area contributed by atoms with Gasteiger partial charge in [-0.1, -0.05) is 46.8 Å². The van der Waals surface area contributed by atoms with Crippen molar-refractivity contribution in [3.63, 3.8) is 0 Å². The van der Waals surface area contributed by atoms with Gasteiger partial charge in [-0.2, -0.15) is 0 Å². The Morgan fingerprint density at radius 2 is 1.88 bits per heavy atom. The van der Waals surface area contributed by atoms with E-state index in [1.807, 2.05) is 0 Å². The molecule has 1 unspecified atom stereocenters. The van der Waals surface area contributed by atoms with Crippen LogP contribution in [0.2, 0.25) is 0 Å². The van der Waals surface area contributed by atoms with Crippen molar-refractivity contribution in [3.8, 4) is 0 Å². The van der Waals surface area contributed by atoms with Gasteiger partial charge in [0.25, 0.3) is 0 Å². The van der Waals surface area contributed by atoms with Gasteiger partial charge < -0.3 is 11.1 Å². The number of amides is 2. The van der Waals surface area contributed by atoms with Gasteiger partial charge >= 0.3 is 0 Å². The van der Waals surface area contributed by atoms with E-state index in [9.17, 15) is 9.59 Å². The predicted molar refractivity (Wildman–Crippen MR) is 103 cm³/mol. The van der Waals surface area contributed by atoms with Gasteiger partial charge in [-0.3, -0.25) is 14.5 Å². The van der Waals surface area contributed by atoms with Crippen LogP contribution in [-0.2, 0) is 9.59 Å². The molecular formula is C20H37N3O2. The van der Waals surface area contributed by atoms with Crippen molar-refractivity contribution in [3.05, 3.63) is 12.2 Å². The molecule has 1 fully saturated rings. The number of hydrogen-bond donors (Lipinski definition) is 2. The van der Waals surface area contributed by atoms with Crippen LogP contribution < -0.4 is 11.1 Å². The van der Waals surface area contributed by atoms with Crippen molar-refractivity contribution < 1.29 is 9.59 Å². The molecule has 0 bridgehead atoms. The molecule has 1 heterocycles. The van der Waals surface area contributed by atoms with Crippen LogP contribution in [0.4, 0.5) is 0 Å². The summed E-state index contributed by atoms with van der Waals surface area (Å²) in [6.45, 7) is 17.7. The van der Waals surface area contributed by atoms with E-state index in [2.05, 4.69) is 46.5 Å². The summed E-state index contributed by atoms with van der Waals surface area (Å²) in [5, 5.41) is 3.12. The first kappa shape index (κ1) is 21.8. The number of nitrogens with zero attached hydrogens (tertiary/aromatic N) is 1. The lowest BCUT2D eigenvalue weighted by Gasteiger charge is -2.33. The fourth-order valence-corrected chi connectivity index (χ4v) is 4.16. The van der Waals surface area contributed by atoms with Crippen molar-refractivity contribution >= 4 is 11.8 Å². The number of carbonyl (C=O) groups is 2. The summed E-state index contributed by atoms with van der Waals surface area (Å²) < 4.78 is 0. The highest BCUT2D eigenvalue weighted by Gasteiger charge is 2.38. The van der Waals surface area contributed by atoms with Gasteiger partial charge in [0.2, 0.25) is 11.8 Å². The number of allylic oxidation sites excluding steroid dienone is 1. The Bertz CT molecular complexity index is 492. The molecule has 25 heavy (non-hydrogen) atoms. The monoisotopic (exact) mass is 351 g/mol. The minimum atomic E-state index is -0.236. The molecule has 0 spiro atoms. The van der Waals surface area contributed by atoms with E-state index < -0.39 is 0 Å². The Morgan fingerprint density at radius 3 is 2.44 bits per heavy atom. The molecule has 0 aliphatic carbocycles. The van der Waals surface area contributed by atoms with Gasteiger partial charge in [0.05, 0.1) is 5.92 Å². The van der Waals surface area contributed by atoms with Crippen LogP contribution in [0.25, 0.3) is 0 Å². The van der Waals surface area contributed by atoms with Crippen molar-refractivity contribution in [1.82, 2.24) is 10.2 Å². The Balaban J connectivity index is 2.52. The summed E-state index contributed by atoms with van der Waals surface area (Å²) in [7, 11) is 0. The number of rotatable bonds is 10. The van der Waals surface area contributed by atoms with Crippen LogP contribution >= 0.6 is 0 Å². The lowest BCUT2D eigenvalue weighted by atomic mass is 9.72. The van der Waals surface area contributed by atoms with Crippen LogP contribution in [0.1, 0.15) is 60.3 Å². The molecule has 1 aliphatic heterocycles. The molecule has 1 atom stereocenters. The maximum Gasteiger partial charge on any atom is 0.233 e. The molecule has 0 aromatic rings. The summed E-state index contributed by atoms with van der Waals surface area (Å²) in [6.07, 6.45) is 2.91. The lowest BCUT2D eigenvalue weighted by Crippen LogP contribution is -2.38. The summed E-state index contributed by atoms with van der Waals surface area (Å²) in [5.41, 5.74) is 6.90. The molecule has 0 aromatic heterocycles. The molecular weight excluding hydrogens is 314 g/mol. The van der Waals surface area contributed by atoms with Gasteiger partial charge in [0.1, 0.15) is 0 Å². The minimum Gasteiger partial charge on any atom is -0.329 e. The second-order valence-corrected chi connectivity index (χ2v) is 9.36. The van der Waals surface area contributed by atoms with E-state index in [1.54, 1.807) is 0 Å². The molecule has 5 nitrogen and oxygen atoms in total. The zero-order chi connectivity index (χ0) is 19.3. The molecule has 0 radical (unpaired) electrons. The van der Waals surface area contributed by atoms with Gasteiger partial charge in [-0.05, 0) is 30.1 Å². The Kier molecular flexibility index (Phi) is 7.82. The number of likely N-dealkylation sites (tertiary alicyclic amines) is 1. The van der Waals surface area contributed by atoms with E-state index in [1.165, 1.54) is 4.90 Å². The van der Waals surface area contributed by atoms with E-state index in [0.29, 0.717) is 39.0 Å². The Morgan fingerprint density at radius 1 is 1.24 bits per heavy atom. The van der Waals surface area contributed by atoms with Gasteiger partial charge in [-0.15, -0.1) is 0 Å². The molecule has 1 saturated heterocycles. The van der Waals surface area contributed by atoms with E-state index >= 15 is 0 Å². The highest BCUT2D eigenvalue weighted by molar-refractivity contribution is 6.03. The van der Waals surface area contributed by atoms with Crippen LogP contribution in [0.15, 0.2) is 12.2 Å². The second-order valence-electron chi connectivity index (χ2n) is 9.36. The second kappa shape index (κ2) is 8.95. The third-order valence-electron chi connectivity index (χ3n) is 4.44. The summed E-state index contributed by atoms with van der Waals surface area (Å²) >= 11 is 0. The zero-order valence-corrected chi connectivity index (χ0v) is 16.8. The maximum absolute atomic E-state index is 12.5. The Labute approximate surface area is 153 Å². The smallest absolute Gasteiger partial charge is 0.233 e. The van der Waals surface area contributed by atoms with Crippen molar-refractivity contribution in [2.75, 3.05) is 26.2 Å². The lowest BCUT2D eigenvalue weighted by molar-refractivity contribution is -0.139.